The van der Waals surface area contributed by atoms with Gasteiger partial charge in [0.05, 0.1) is 12.5 Å². The predicted octanol–water partition coefficient (Wildman–Crippen LogP) is 4.55. The Balaban J connectivity index is 2.84. The van der Waals surface area contributed by atoms with Gasteiger partial charge in [-0.3, -0.25) is 4.79 Å². The Hall–Kier alpha value is -2.10. The molecule has 0 aliphatic rings. The highest BCUT2D eigenvalue weighted by molar-refractivity contribution is 8.45. The van der Waals surface area contributed by atoms with Gasteiger partial charge >= 0.3 is 16.2 Å². The Kier molecular flexibility index (Phi) is 4.30. The molecule has 0 fully saturated rings. The van der Waals surface area contributed by atoms with E-state index >= 15 is 0 Å². The van der Waals surface area contributed by atoms with Crippen LogP contribution in [0, 0.1) is 0 Å². The van der Waals surface area contributed by atoms with Gasteiger partial charge in [0.2, 0.25) is 5.91 Å². The molecule has 23 heavy (non-hydrogen) atoms. The van der Waals surface area contributed by atoms with Crippen LogP contribution in [0.2, 0.25) is 0 Å². The summed E-state index contributed by atoms with van der Waals surface area (Å²) in [6.07, 6.45) is -0.497. The van der Waals surface area contributed by atoms with E-state index in [2.05, 4.69) is 11.9 Å². The number of carbonyl (C=O) groups excluding carboxylic acids is 1. The zero-order valence-electron chi connectivity index (χ0n) is 11.9. The SMILES string of the molecule is C=C(CC(=O)N[C@@H](C)c1ccc(S(F)(F)(F)(F)F)cc1)C(=O)O. The van der Waals surface area contributed by atoms with Gasteiger partial charge in [0.25, 0.3) is 0 Å². The van der Waals surface area contributed by atoms with E-state index in [1.165, 1.54) is 6.92 Å². The normalized spacial score (nSPS) is 15.9. The van der Waals surface area contributed by atoms with Crippen molar-refractivity contribution in [3.63, 3.8) is 0 Å². The van der Waals surface area contributed by atoms with Gasteiger partial charge < -0.3 is 10.4 Å². The lowest BCUT2D eigenvalue weighted by Gasteiger charge is -2.40. The van der Waals surface area contributed by atoms with Crippen LogP contribution in [0.5, 0.6) is 0 Å². The summed E-state index contributed by atoms with van der Waals surface area (Å²) in [5, 5.41) is 10.9. The number of halogens is 5. The Bertz CT molecular complexity index is 655. The Labute approximate surface area is 128 Å². The third kappa shape index (κ3) is 5.55. The number of amides is 1. The number of hydrogen-bond acceptors (Lipinski definition) is 2. The molecule has 4 nitrogen and oxygen atoms in total. The molecule has 130 valence electrons. The standard InChI is InChI=1S/C13H14F5NO3S/c1-8(13(21)22)7-12(20)19-9(2)10-3-5-11(6-4-10)23(14,15,16,17)18/h3-6,9H,1,7H2,2H3,(H,19,20)(H,21,22)/t9-/m0/s1. The van der Waals surface area contributed by atoms with Crippen molar-refractivity contribution < 1.29 is 34.1 Å². The first kappa shape index (κ1) is 18.9. The maximum absolute atomic E-state index is 12.6. The number of nitrogens with one attached hydrogen (secondary N) is 1. The van der Waals surface area contributed by atoms with Gasteiger partial charge in [-0.25, -0.2) is 4.79 Å². The molecule has 0 unspecified atom stereocenters. The zero-order valence-corrected chi connectivity index (χ0v) is 12.7. The number of benzene rings is 1. The van der Waals surface area contributed by atoms with E-state index in [1.807, 2.05) is 0 Å². The molecule has 1 rings (SSSR count). The molecule has 1 aromatic rings. The Morgan fingerprint density at radius 2 is 1.65 bits per heavy atom. The third-order valence-corrected chi connectivity index (χ3v) is 4.04. The van der Waals surface area contributed by atoms with Gasteiger partial charge in [0.15, 0.2) is 0 Å². The summed E-state index contributed by atoms with van der Waals surface area (Å²) in [7, 11) is -9.73. The zero-order chi connectivity index (χ0) is 18.1. The minimum Gasteiger partial charge on any atom is -0.478 e. The van der Waals surface area contributed by atoms with Crippen molar-refractivity contribution >= 4 is 22.1 Å². The fraction of sp³-hybridized carbons (Fsp3) is 0.231. The predicted molar refractivity (Wildman–Crippen MR) is 75.8 cm³/mol. The average Bonchev–Trinajstić information content (AvgIpc) is 2.35. The Morgan fingerprint density at radius 3 is 2.04 bits per heavy atom. The highest BCUT2D eigenvalue weighted by Gasteiger charge is 2.65. The maximum atomic E-state index is 12.6. The van der Waals surface area contributed by atoms with Crippen LogP contribution in [-0.2, 0) is 9.59 Å². The van der Waals surface area contributed by atoms with E-state index in [4.69, 9.17) is 5.11 Å². The fourth-order valence-corrected chi connectivity index (χ4v) is 2.31. The van der Waals surface area contributed by atoms with Gasteiger partial charge in [-0.2, -0.15) is 0 Å². The van der Waals surface area contributed by atoms with Gasteiger partial charge in [0.1, 0.15) is 4.90 Å². The summed E-state index contributed by atoms with van der Waals surface area (Å²) in [4.78, 5) is 20.0. The van der Waals surface area contributed by atoms with Crippen LogP contribution in [0.4, 0.5) is 19.4 Å². The van der Waals surface area contributed by atoms with Crippen molar-refractivity contribution in [2.45, 2.75) is 24.3 Å². The second kappa shape index (κ2) is 5.22. The van der Waals surface area contributed by atoms with E-state index < -0.39 is 39.5 Å². The van der Waals surface area contributed by atoms with Crippen LogP contribution < -0.4 is 5.32 Å². The van der Waals surface area contributed by atoms with Crippen LogP contribution in [0.3, 0.4) is 0 Å². The van der Waals surface area contributed by atoms with Crippen LogP contribution in [0.1, 0.15) is 24.9 Å². The molecule has 0 aliphatic carbocycles. The lowest BCUT2D eigenvalue weighted by Crippen LogP contribution is -2.27. The van der Waals surface area contributed by atoms with Crippen molar-refractivity contribution in [1.82, 2.24) is 5.32 Å². The highest BCUT2D eigenvalue weighted by Crippen LogP contribution is 3.02. The topological polar surface area (TPSA) is 66.4 Å². The molecule has 1 amide bonds. The summed E-state index contributed by atoms with van der Waals surface area (Å²) < 4.78 is 62.9. The smallest absolute Gasteiger partial charge is 0.331 e. The van der Waals surface area contributed by atoms with E-state index in [0.29, 0.717) is 0 Å². The summed E-state index contributed by atoms with van der Waals surface area (Å²) in [6, 6.07) is 1.34. The number of carbonyl (C=O) groups is 2. The van der Waals surface area contributed by atoms with Crippen LogP contribution in [0.25, 0.3) is 0 Å². The molecule has 0 radical (unpaired) electrons. The molecule has 0 saturated carbocycles. The van der Waals surface area contributed by atoms with E-state index in [1.54, 1.807) is 0 Å². The molecule has 0 aliphatic heterocycles. The molecular formula is C13H14F5NO3S. The Morgan fingerprint density at radius 1 is 1.17 bits per heavy atom. The molecule has 0 spiro atoms. The van der Waals surface area contributed by atoms with Crippen molar-refractivity contribution in [1.29, 1.82) is 0 Å². The molecule has 0 bridgehead atoms. The molecular weight excluding hydrogens is 345 g/mol. The first-order valence-corrected chi connectivity index (χ1v) is 8.10. The average molecular weight is 359 g/mol. The maximum Gasteiger partial charge on any atom is 0.331 e. The summed E-state index contributed by atoms with van der Waals surface area (Å²) in [5.41, 5.74) is -0.198. The molecule has 2 N–H and O–H groups in total. The number of aliphatic carboxylic acids is 1. The number of rotatable bonds is 6. The second-order valence-electron chi connectivity index (χ2n) is 4.91. The van der Waals surface area contributed by atoms with Crippen LogP contribution >= 0.6 is 10.2 Å². The lowest BCUT2D eigenvalue weighted by atomic mass is 10.1. The highest BCUT2D eigenvalue weighted by atomic mass is 32.5. The van der Waals surface area contributed by atoms with Gasteiger partial charge in [0, 0.05) is 5.57 Å². The molecule has 10 heteroatoms. The fourth-order valence-electron chi connectivity index (χ4n) is 1.66. The van der Waals surface area contributed by atoms with E-state index in [-0.39, 0.29) is 23.3 Å². The van der Waals surface area contributed by atoms with E-state index in [0.717, 1.165) is 12.1 Å². The number of carboxylic acid groups (broad SMARTS) is 1. The van der Waals surface area contributed by atoms with Gasteiger partial charge in [-0.15, -0.1) is 0 Å². The first-order valence-electron chi connectivity index (χ1n) is 6.14. The molecule has 1 aromatic carbocycles. The van der Waals surface area contributed by atoms with Gasteiger partial charge in [-0.05, 0) is 24.6 Å². The molecule has 0 heterocycles. The van der Waals surface area contributed by atoms with Crippen LogP contribution in [-0.4, -0.2) is 17.0 Å². The van der Waals surface area contributed by atoms with Crippen molar-refractivity contribution in [3.05, 3.63) is 42.0 Å². The van der Waals surface area contributed by atoms with Crippen molar-refractivity contribution in [2.75, 3.05) is 0 Å². The summed E-state index contributed by atoms with van der Waals surface area (Å²) >= 11 is 0. The first-order chi connectivity index (χ1) is 10.1. The molecule has 0 aromatic heterocycles. The monoisotopic (exact) mass is 359 g/mol. The molecule has 0 saturated heterocycles. The number of hydrogen-bond donors (Lipinski definition) is 2. The summed E-state index contributed by atoms with van der Waals surface area (Å²) in [6.45, 7) is 4.58. The quantitative estimate of drug-likeness (QED) is 0.578. The van der Waals surface area contributed by atoms with Gasteiger partial charge in [-0.1, -0.05) is 38.1 Å². The minimum atomic E-state index is -9.73. The third-order valence-electron chi connectivity index (χ3n) is 2.88. The van der Waals surface area contributed by atoms with E-state index in [9.17, 15) is 29.0 Å². The van der Waals surface area contributed by atoms with Crippen LogP contribution in [0.15, 0.2) is 41.3 Å². The molecule has 1 atom stereocenters. The lowest BCUT2D eigenvalue weighted by molar-refractivity contribution is -0.134. The summed E-state index contributed by atoms with van der Waals surface area (Å²) in [5.74, 6) is -2.06. The number of carboxylic acids is 1. The second-order valence-corrected chi connectivity index (χ2v) is 7.32. The minimum absolute atomic E-state index is 0.157. The largest absolute Gasteiger partial charge is 0.478 e. The van der Waals surface area contributed by atoms with Crippen molar-refractivity contribution in [2.24, 2.45) is 0 Å². The van der Waals surface area contributed by atoms with Crippen molar-refractivity contribution in [3.8, 4) is 0 Å².